The molecule has 1 saturated heterocycles. The fourth-order valence-electron chi connectivity index (χ4n) is 3.24. The molecule has 5 nitrogen and oxygen atoms in total. The topological polar surface area (TPSA) is 50.2 Å². The van der Waals surface area contributed by atoms with E-state index in [-0.39, 0.29) is 11.9 Å². The highest BCUT2D eigenvalue weighted by Gasteiger charge is 2.21. The summed E-state index contributed by atoms with van der Waals surface area (Å²) >= 11 is 0. The first kappa shape index (κ1) is 16.7. The van der Waals surface area contributed by atoms with E-state index < -0.39 is 0 Å². The van der Waals surface area contributed by atoms with Gasteiger partial charge in [-0.25, -0.2) is 4.68 Å². The molecule has 1 aromatic heterocycles. The second-order valence-corrected chi connectivity index (χ2v) is 6.74. The fraction of sp³-hybridized carbons (Fsp3) is 0.474. The van der Waals surface area contributed by atoms with Gasteiger partial charge in [0.1, 0.15) is 0 Å². The molecule has 128 valence electrons. The maximum absolute atomic E-state index is 12.4. The number of nitrogens with one attached hydrogen (secondary N) is 1. The standard InChI is InChI=1S/C19H26N4O/c1-15-6-4-10-22(14-15)19(24)13-20-16(2)17-7-3-8-18(12-17)23-11-5-9-21-23/h3,5,7-9,11-12,15-16,20H,4,6,10,13-14H2,1-2H3/t15-,16-/m0/s1. The first-order chi connectivity index (χ1) is 11.6. The smallest absolute Gasteiger partial charge is 0.236 e. The van der Waals surface area contributed by atoms with Gasteiger partial charge in [0.25, 0.3) is 0 Å². The SMILES string of the molecule is C[C@H]1CCCN(C(=O)CN[C@@H](C)c2cccc(-n3cccn3)c2)C1. The van der Waals surface area contributed by atoms with E-state index in [2.05, 4.69) is 36.4 Å². The lowest BCUT2D eigenvalue weighted by Crippen LogP contribution is -2.43. The first-order valence-corrected chi connectivity index (χ1v) is 8.74. The Morgan fingerprint density at radius 1 is 1.42 bits per heavy atom. The summed E-state index contributed by atoms with van der Waals surface area (Å²) in [5.41, 5.74) is 2.19. The zero-order chi connectivity index (χ0) is 16.9. The van der Waals surface area contributed by atoms with Crippen LogP contribution in [0.15, 0.2) is 42.7 Å². The van der Waals surface area contributed by atoms with Crippen LogP contribution in [0.2, 0.25) is 0 Å². The Balaban J connectivity index is 1.58. The van der Waals surface area contributed by atoms with Crippen LogP contribution in [-0.2, 0) is 4.79 Å². The van der Waals surface area contributed by atoms with E-state index in [1.165, 1.54) is 6.42 Å². The largest absolute Gasteiger partial charge is 0.341 e. The monoisotopic (exact) mass is 326 g/mol. The normalized spacial score (nSPS) is 19.2. The minimum absolute atomic E-state index is 0.117. The van der Waals surface area contributed by atoms with Gasteiger partial charge in [-0.05, 0) is 49.4 Å². The molecule has 1 aliphatic rings. The number of amides is 1. The maximum Gasteiger partial charge on any atom is 0.236 e. The molecule has 2 heterocycles. The molecule has 0 bridgehead atoms. The van der Waals surface area contributed by atoms with Crippen LogP contribution in [0.5, 0.6) is 0 Å². The van der Waals surface area contributed by atoms with Gasteiger partial charge >= 0.3 is 0 Å². The molecule has 1 amide bonds. The van der Waals surface area contributed by atoms with Gasteiger partial charge in [-0.2, -0.15) is 5.10 Å². The number of likely N-dealkylation sites (tertiary alicyclic amines) is 1. The molecule has 1 aliphatic heterocycles. The summed E-state index contributed by atoms with van der Waals surface area (Å²) in [6, 6.07) is 10.3. The molecule has 2 aromatic rings. The molecule has 2 atom stereocenters. The van der Waals surface area contributed by atoms with Crippen molar-refractivity contribution in [3.63, 3.8) is 0 Å². The third-order valence-electron chi connectivity index (χ3n) is 4.71. The molecule has 5 heteroatoms. The zero-order valence-corrected chi connectivity index (χ0v) is 14.5. The third-order valence-corrected chi connectivity index (χ3v) is 4.71. The van der Waals surface area contributed by atoms with Crippen LogP contribution in [0.4, 0.5) is 0 Å². The lowest BCUT2D eigenvalue weighted by Gasteiger charge is -2.31. The lowest BCUT2D eigenvalue weighted by molar-refractivity contribution is -0.132. The van der Waals surface area contributed by atoms with Crippen molar-refractivity contribution in [2.45, 2.75) is 32.7 Å². The van der Waals surface area contributed by atoms with E-state index in [9.17, 15) is 4.79 Å². The van der Waals surface area contributed by atoms with E-state index in [0.717, 1.165) is 30.8 Å². The van der Waals surface area contributed by atoms with Crippen LogP contribution in [0.25, 0.3) is 5.69 Å². The van der Waals surface area contributed by atoms with Crippen LogP contribution >= 0.6 is 0 Å². The predicted molar refractivity (Wildman–Crippen MR) is 95.0 cm³/mol. The molecular formula is C19H26N4O. The maximum atomic E-state index is 12.4. The van der Waals surface area contributed by atoms with Crippen LogP contribution in [-0.4, -0.2) is 40.2 Å². The second kappa shape index (κ2) is 7.62. The average Bonchev–Trinajstić information content (AvgIpc) is 3.14. The number of hydrogen-bond acceptors (Lipinski definition) is 3. The molecule has 3 rings (SSSR count). The van der Waals surface area contributed by atoms with Crippen LogP contribution in [0.1, 0.15) is 38.3 Å². The third kappa shape index (κ3) is 4.03. The van der Waals surface area contributed by atoms with Gasteiger partial charge in [0.05, 0.1) is 12.2 Å². The zero-order valence-electron chi connectivity index (χ0n) is 14.5. The van der Waals surface area contributed by atoms with Crippen molar-refractivity contribution in [1.29, 1.82) is 0 Å². The number of aromatic nitrogens is 2. The number of piperidine rings is 1. The van der Waals surface area contributed by atoms with E-state index in [1.807, 2.05) is 34.0 Å². The number of rotatable bonds is 5. The van der Waals surface area contributed by atoms with Crippen LogP contribution in [0.3, 0.4) is 0 Å². The molecule has 0 unspecified atom stereocenters. The van der Waals surface area contributed by atoms with Gasteiger partial charge in [-0.15, -0.1) is 0 Å². The quantitative estimate of drug-likeness (QED) is 0.919. The van der Waals surface area contributed by atoms with Crippen molar-refractivity contribution < 1.29 is 4.79 Å². The van der Waals surface area contributed by atoms with Gasteiger partial charge in [-0.3, -0.25) is 4.79 Å². The van der Waals surface area contributed by atoms with Gasteiger partial charge < -0.3 is 10.2 Å². The summed E-state index contributed by atoms with van der Waals surface area (Å²) in [6.45, 7) is 6.49. The summed E-state index contributed by atoms with van der Waals surface area (Å²) in [5, 5.41) is 7.63. The highest BCUT2D eigenvalue weighted by Crippen LogP contribution is 2.18. The van der Waals surface area contributed by atoms with E-state index in [0.29, 0.717) is 12.5 Å². The van der Waals surface area contributed by atoms with E-state index in [1.54, 1.807) is 6.20 Å². The van der Waals surface area contributed by atoms with E-state index >= 15 is 0 Å². The highest BCUT2D eigenvalue weighted by molar-refractivity contribution is 5.78. The van der Waals surface area contributed by atoms with Gasteiger partial charge in [0, 0.05) is 31.5 Å². The Labute approximate surface area is 143 Å². The summed E-state index contributed by atoms with van der Waals surface area (Å²) in [5.74, 6) is 0.822. The Kier molecular flexibility index (Phi) is 5.30. The van der Waals surface area contributed by atoms with Crippen molar-refractivity contribution in [1.82, 2.24) is 20.0 Å². The Morgan fingerprint density at radius 3 is 3.04 bits per heavy atom. The Morgan fingerprint density at radius 2 is 2.29 bits per heavy atom. The molecule has 0 aliphatic carbocycles. The first-order valence-electron chi connectivity index (χ1n) is 8.74. The number of hydrogen-bond donors (Lipinski definition) is 1. The van der Waals surface area contributed by atoms with Crippen molar-refractivity contribution >= 4 is 5.91 Å². The second-order valence-electron chi connectivity index (χ2n) is 6.74. The summed E-state index contributed by atoms with van der Waals surface area (Å²) in [7, 11) is 0. The van der Waals surface area contributed by atoms with Gasteiger partial charge in [0.15, 0.2) is 0 Å². The number of carbonyl (C=O) groups excluding carboxylic acids is 1. The average molecular weight is 326 g/mol. The molecule has 0 saturated carbocycles. The summed E-state index contributed by atoms with van der Waals surface area (Å²) in [4.78, 5) is 14.4. The van der Waals surface area contributed by atoms with Crippen LogP contribution in [0, 0.1) is 5.92 Å². The predicted octanol–water partition coefficient (Wildman–Crippen LogP) is 2.78. The molecule has 0 spiro atoms. The van der Waals surface area contributed by atoms with Crippen LogP contribution < -0.4 is 5.32 Å². The summed E-state index contributed by atoms with van der Waals surface area (Å²) < 4.78 is 1.84. The number of benzene rings is 1. The Bertz CT molecular complexity index is 668. The minimum atomic E-state index is 0.117. The van der Waals surface area contributed by atoms with Crippen molar-refractivity contribution in [3.8, 4) is 5.69 Å². The van der Waals surface area contributed by atoms with Crippen molar-refractivity contribution in [2.75, 3.05) is 19.6 Å². The van der Waals surface area contributed by atoms with Crippen molar-refractivity contribution in [3.05, 3.63) is 48.3 Å². The molecule has 1 fully saturated rings. The fourth-order valence-corrected chi connectivity index (χ4v) is 3.24. The van der Waals surface area contributed by atoms with E-state index in [4.69, 9.17) is 0 Å². The lowest BCUT2D eigenvalue weighted by atomic mass is 10.0. The van der Waals surface area contributed by atoms with Crippen molar-refractivity contribution in [2.24, 2.45) is 5.92 Å². The molecule has 1 aromatic carbocycles. The minimum Gasteiger partial charge on any atom is -0.341 e. The van der Waals surface area contributed by atoms with Gasteiger partial charge in [-0.1, -0.05) is 19.1 Å². The molecular weight excluding hydrogens is 300 g/mol. The Hall–Kier alpha value is -2.14. The number of nitrogens with zero attached hydrogens (tertiary/aromatic N) is 3. The molecule has 0 radical (unpaired) electrons. The van der Waals surface area contributed by atoms with Gasteiger partial charge in [0.2, 0.25) is 5.91 Å². The molecule has 24 heavy (non-hydrogen) atoms. The summed E-state index contributed by atoms with van der Waals surface area (Å²) in [6.07, 6.45) is 6.05. The molecule has 1 N–H and O–H groups in total. The number of carbonyl (C=O) groups is 1. The highest BCUT2D eigenvalue weighted by atomic mass is 16.2.